The highest BCUT2D eigenvalue weighted by molar-refractivity contribution is 5.88. The van der Waals surface area contributed by atoms with Gasteiger partial charge in [-0.25, -0.2) is 14.8 Å². The van der Waals surface area contributed by atoms with Gasteiger partial charge in [0.05, 0.1) is 11.6 Å². The minimum Gasteiger partial charge on any atom is -0.478 e. The molecule has 2 aromatic rings. The lowest BCUT2D eigenvalue weighted by molar-refractivity contribution is 0.0696. The Morgan fingerprint density at radius 2 is 2.23 bits per heavy atom. The number of hydrogen-bond donors (Lipinski definition) is 3. The third kappa shape index (κ3) is 2.72. The Hall–Kier alpha value is -2.63. The van der Waals surface area contributed by atoms with Crippen molar-refractivity contribution >= 4 is 17.5 Å². The Bertz CT molecular complexity index is 717. The van der Waals surface area contributed by atoms with Crippen LogP contribution in [0.5, 0.6) is 0 Å². The van der Waals surface area contributed by atoms with Crippen LogP contribution >= 0.6 is 0 Å². The molecule has 0 fully saturated rings. The standard InChI is InChI=1S/C16H18N4O2/c1-9-8-18-13-4-3-11(16(21)22)7-12(13)15(9)20-14-5-6-17-10(2)19-14/h3-7,9,15,18H,8H2,1-2H3,(H,21,22)(H,17,19,20). The first kappa shape index (κ1) is 14.3. The molecule has 1 aliphatic heterocycles. The predicted octanol–water partition coefficient (Wildman–Crippen LogP) is 2.70. The average Bonchev–Trinajstić information content (AvgIpc) is 2.49. The molecule has 0 saturated carbocycles. The number of benzene rings is 1. The molecule has 3 N–H and O–H groups in total. The van der Waals surface area contributed by atoms with E-state index in [1.807, 2.05) is 19.1 Å². The zero-order chi connectivity index (χ0) is 15.7. The van der Waals surface area contributed by atoms with Crippen LogP contribution in [-0.2, 0) is 0 Å². The summed E-state index contributed by atoms with van der Waals surface area (Å²) in [5.74, 6) is 0.827. The summed E-state index contributed by atoms with van der Waals surface area (Å²) in [5, 5.41) is 16.0. The number of aromatic nitrogens is 2. The maximum Gasteiger partial charge on any atom is 0.335 e. The predicted molar refractivity (Wildman–Crippen MR) is 84.2 cm³/mol. The lowest BCUT2D eigenvalue weighted by atomic mass is 9.88. The molecule has 3 rings (SSSR count). The normalized spacial score (nSPS) is 19.9. The van der Waals surface area contributed by atoms with Crippen molar-refractivity contribution in [3.8, 4) is 0 Å². The van der Waals surface area contributed by atoms with Crippen molar-refractivity contribution in [1.82, 2.24) is 9.97 Å². The van der Waals surface area contributed by atoms with Gasteiger partial charge in [0.25, 0.3) is 0 Å². The number of fused-ring (bicyclic) bond motifs is 1. The van der Waals surface area contributed by atoms with Crippen LogP contribution in [0.1, 0.15) is 34.7 Å². The average molecular weight is 298 g/mol. The maximum atomic E-state index is 11.2. The first-order valence-electron chi connectivity index (χ1n) is 7.22. The van der Waals surface area contributed by atoms with Gasteiger partial charge < -0.3 is 15.7 Å². The van der Waals surface area contributed by atoms with Gasteiger partial charge in [0, 0.05) is 18.4 Å². The van der Waals surface area contributed by atoms with E-state index in [2.05, 4.69) is 27.5 Å². The number of rotatable bonds is 3. The molecule has 2 unspecified atom stereocenters. The summed E-state index contributed by atoms with van der Waals surface area (Å²) in [4.78, 5) is 19.7. The molecule has 2 atom stereocenters. The summed E-state index contributed by atoms with van der Waals surface area (Å²) < 4.78 is 0. The number of carboxylic acid groups (broad SMARTS) is 1. The first-order valence-corrected chi connectivity index (χ1v) is 7.22. The van der Waals surface area contributed by atoms with E-state index < -0.39 is 5.97 Å². The van der Waals surface area contributed by atoms with Gasteiger partial charge in [-0.05, 0) is 42.7 Å². The molecule has 1 aromatic carbocycles. The van der Waals surface area contributed by atoms with E-state index in [0.29, 0.717) is 17.3 Å². The molecule has 1 aliphatic rings. The zero-order valence-electron chi connectivity index (χ0n) is 12.5. The summed E-state index contributed by atoms with van der Waals surface area (Å²) >= 11 is 0. The quantitative estimate of drug-likeness (QED) is 0.807. The van der Waals surface area contributed by atoms with Crippen LogP contribution in [0.3, 0.4) is 0 Å². The first-order chi connectivity index (χ1) is 10.5. The molecular weight excluding hydrogens is 280 g/mol. The molecule has 0 bridgehead atoms. The molecular formula is C16H18N4O2. The topological polar surface area (TPSA) is 87.1 Å². The van der Waals surface area contributed by atoms with Gasteiger partial charge in [0.2, 0.25) is 0 Å². The number of carbonyl (C=O) groups is 1. The van der Waals surface area contributed by atoms with Crippen LogP contribution < -0.4 is 10.6 Å². The lowest BCUT2D eigenvalue weighted by Crippen LogP contribution is -2.31. The monoisotopic (exact) mass is 298 g/mol. The van der Waals surface area contributed by atoms with Crippen molar-refractivity contribution < 1.29 is 9.90 Å². The van der Waals surface area contributed by atoms with Gasteiger partial charge in [-0.15, -0.1) is 0 Å². The number of anilines is 2. The van der Waals surface area contributed by atoms with Gasteiger partial charge in [0.1, 0.15) is 11.6 Å². The fourth-order valence-corrected chi connectivity index (χ4v) is 2.73. The van der Waals surface area contributed by atoms with Gasteiger partial charge >= 0.3 is 5.97 Å². The molecule has 114 valence electrons. The van der Waals surface area contributed by atoms with E-state index in [-0.39, 0.29) is 6.04 Å². The second-order valence-corrected chi connectivity index (χ2v) is 5.58. The summed E-state index contributed by atoms with van der Waals surface area (Å²) in [6, 6.07) is 7.00. The molecule has 6 nitrogen and oxygen atoms in total. The van der Waals surface area contributed by atoms with Gasteiger partial charge in [-0.3, -0.25) is 0 Å². The van der Waals surface area contributed by atoms with E-state index >= 15 is 0 Å². The van der Waals surface area contributed by atoms with Crippen molar-refractivity contribution in [2.75, 3.05) is 17.2 Å². The number of nitrogens with zero attached hydrogens (tertiary/aromatic N) is 2. The van der Waals surface area contributed by atoms with Crippen molar-refractivity contribution in [3.63, 3.8) is 0 Å². The highest BCUT2D eigenvalue weighted by Crippen LogP contribution is 2.36. The third-order valence-corrected chi connectivity index (χ3v) is 3.90. The van der Waals surface area contributed by atoms with Gasteiger partial charge in [0.15, 0.2) is 0 Å². The van der Waals surface area contributed by atoms with Crippen LogP contribution in [-0.4, -0.2) is 27.6 Å². The second kappa shape index (κ2) is 5.63. The van der Waals surface area contributed by atoms with E-state index in [0.717, 1.165) is 23.6 Å². The number of nitrogens with one attached hydrogen (secondary N) is 2. The smallest absolute Gasteiger partial charge is 0.335 e. The van der Waals surface area contributed by atoms with Crippen LogP contribution in [0.2, 0.25) is 0 Å². The van der Waals surface area contributed by atoms with Crippen LogP contribution in [0.15, 0.2) is 30.5 Å². The zero-order valence-corrected chi connectivity index (χ0v) is 12.5. The minimum absolute atomic E-state index is 0.00449. The fourth-order valence-electron chi connectivity index (χ4n) is 2.73. The highest BCUT2D eigenvalue weighted by atomic mass is 16.4. The number of aryl methyl sites for hydroxylation is 1. The highest BCUT2D eigenvalue weighted by Gasteiger charge is 2.27. The Morgan fingerprint density at radius 1 is 1.41 bits per heavy atom. The summed E-state index contributed by atoms with van der Waals surface area (Å²) in [7, 11) is 0. The van der Waals surface area contributed by atoms with Crippen molar-refractivity contribution in [2.24, 2.45) is 5.92 Å². The SMILES string of the molecule is Cc1nccc(NC2c3cc(C(=O)O)ccc3NCC2C)n1. The molecule has 22 heavy (non-hydrogen) atoms. The summed E-state index contributed by atoms with van der Waals surface area (Å²) in [5.41, 5.74) is 2.21. The van der Waals surface area contributed by atoms with E-state index in [4.69, 9.17) is 0 Å². The number of carboxylic acids is 1. The summed E-state index contributed by atoms with van der Waals surface area (Å²) in [6.07, 6.45) is 1.71. The maximum absolute atomic E-state index is 11.2. The largest absolute Gasteiger partial charge is 0.478 e. The van der Waals surface area contributed by atoms with Gasteiger partial charge in [-0.1, -0.05) is 6.92 Å². The van der Waals surface area contributed by atoms with Crippen LogP contribution in [0, 0.1) is 12.8 Å². The molecule has 0 amide bonds. The number of aromatic carboxylic acids is 1. The third-order valence-electron chi connectivity index (χ3n) is 3.90. The lowest BCUT2D eigenvalue weighted by Gasteiger charge is -2.33. The minimum atomic E-state index is -0.919. The van der Waals surface area contributed by atoms with Crippen molar-refractivity contribution in [3.05, 3.63) is 47.4 Å². The van der Waals surface area contributed by atoms with E-state index in [9.17, 15) is 9.90 Å². The molecule has 2 heterocycles. The Labute approximate surface area is 128 Å². The molecule has 1 aromatic heterocycles. The van der Waals surface area contributed by atoms with Crippen LogP contribution in [0.4, 0.5) is 11.5 Å². The Balaban J connectivity index is 1.97. The molecule has 0 aliphatic carbocycles. The Kier molecular flexibility index (Phi) is 3.66. The molecule has 0 saturated heterocycles. The molecule has 6 heteroatoms. The Morgan fingerprint density at radius 3 is 2.95 bits per heavy atom. The fraction of sp³-hybridized carbons (Fsp3) is 0.312. The summed E-state index contributed by atoms with van der Waals surface area (Å²) in [6.45, 7) is 4.78. The van der Waals surface area contributed by atoms with Crippen molar-refractivity contribution in [1.29, 1.82) is 0 Å². The molecule has 0 radical (unpaired) electrons. The van der Waals surface area contributed by atoms with Crippen LogP contribution in [0.25, 0.3) is 0 Å². The van der Waals surface area contributed by atoms with E-state index in [1.165, 1.54) is 0 Å². The second-order valence-electron chi connectivity index (χ2n) is 5.58. The van der Waals surface area contributed by atoms with Crippen molar-refractivity contribution in [2.45, 2.75) is 19.9 Å². The molecule has 0 spiro atoms. The van der Waals surface area contributed by atoms with E-state index in [1.54, 1.807) is 18.3 Å². The van der Waals surface area contributed by atoms with Gasteiger partial charge in [-0.2, -0.15) is 0 Å². The number of hydrogen-bond acceptors (Lipinski definition) is 5.